The Morgan fingerprint density at radius 2 is 1.69 bits per heavy atom. The fourth-order valence-corrected chi connectivity index (χ4v) is 3.76. The van der Waals surface area contributed by atoms with Gasteiger partial charge in [0.05, 0.1) is 4.90 Å². The van der Waals surface area contributed by atoms with Gasteiger partial charge in [0.2, 0.25) is 10.0 Å². The van der Waals surface area contributed by atoms with Crippen LogP contribution in [0.1, 0.15) is 12.0 Å². The minimum Gasteiger partial charge on any atom is -0.356 e. The van der Waals surface area contributed by atoms with E-state index in [4.69, 9.17) is 5.14 Å². The van der Waals surface area contributed by atoms with Gasteiger partial charge in [-0.05, 0) is 60.6 Å². The summed E-state index contributed by atoms with van der Waals surface area (Å²) in [6.45, 7) is 1.44. The summed E-state index contributed by atoms with van der Waals surface area (Å²) in [4.78, 5) is 5.35. The van der Waals surface area contributed by atoms with E-state index < -0.39 is 10.0 Å². The van der Waals surface area contributed by atoms with Crippen LogP contribution in [0, 0.1) is 5.82 Å². The third kappa shape index (κ3) is 9.79. The molecule has 29 heavy (non-hydrogen) atoms. The van der Waals surface area contributed by atoms with Crippen molar-refractivity contribution in [1.82, 2.24) is 10.6 Å². The first-order valence-electron chi connectivity index (χ1n) is 8.83. The standard InChI is InChI=1S/C19H25FN4O2S2.HI/c1-22-19(23-12-2-14-27-17-7-5-16(20)6-8-17)24-13-11-15-3-9-18(10-4-15)28(21,25)26;/h3-10H,2,11-14H2,1H3,(H2,21,25,26)(H2,22,23,24);1H. The van der Waals surface area contributed by atoms with Crippen molar-refractivity contribution in [3.63, 3.8) is 0 Å². The van der Waals surface area contributed by atoms with Crippen LogP contribution in [0.2, 0.25) is 0 Å². The topological polar surface area (TPSA) is 96.6 Å². The van der Waals surface area contributed by atoms with Crippen LogP contribution in [-0.2, 0) is 16.4 Å². The van der Waals surface area contributed by atoms with E-state index in [1.54, 1.807) is 43.1 Å². The smallest absolute Gasteiger partial charge is 0.238 e. The fraction of sp³-hybridized carbons (Fsp3) is 0.316. The number of rotatable bonds is 9. The molecule has 0 aliphatic heterocycles. The molecule has 6 nitrogen and oxygen atoms in total. The second-order valence-electron chi connectivity index (χ2n) is 6.02. The Morgan fingerprint density at radius 1 is 1.07 bits per heavy atom. The van der Waals surface area contributed by atoms with Gasteiger partial charge in [-0.15, -0.1) is 35.7 Å². The van der Waals surface area contributed by atoms with Crippen molar-refractivity contribution in [1.29, 1.82) is 0 Å². The van der Waals surface area contributed by atoms with E-state index in [0.29, 0.717) is 12.5 Å². The lowest BCUT2D eigenvalue weighted by Crippen LogP contribution is -2.38. The van der Waals surface area contributed by atoms with E-state index in [1.807, 2.05) is 0 Å². The van der Waals surface area contributed by atoms with Gasteiger partial charge in [0.15, 0.2) is 5.96 Å². The van der Waals surface area contributed by atoms with E-state index >= 15 is 0 Å². The van der Waals surface area contributed by atoms with Crippen LogP contribution >= 0.6 is 35.7 Å². The van der Waals surface area contributed by atoms with Gasteiger partial charge in [-0.2, -0.15) is 0 Å². The highest BCUT2D eigenvalue weighted by molar-refractivity contribution is 14.0. The van der Waals surface area contributed by atoms with Crippen LogP contribution < -0.4 is 15.8 Å². The highest BCUT2D eigenvalue weighted by Gasteiger charge is 2.06. The molecule has 2 aromatic carbocycles. The maximum absolute atomic E-state index is 12.9. The summed E-state index contributed by atoms with van der Waals surface area (Å²) in [6.07, 6.45) is 1.67. The molecule has 0 atom stereocenters. The average Bonchev–Trinajstić information content (AvgIpc) is 2.67. The SMILES string of the molecule is CN=C(NCCCSc1ccc(F)cc1)NCCc1ccc(S(N)(=O)=O)cc1.I. The number of halogens is 2. The molecule has 10 heteroatoms. The highest BCUT2D eigenvalue weighted by atomic mass is 127. The summed E-state index contributed by atoms with van der Waals surface area (Å²) in [5, 5.41) is 11.6. The van der Waals surface area contributed by atoms with E-state index in [2.05, 4.69) is 15.6 Å². The number of nitrogens with one attached hydrogen (secondary N) is 2. The number of benzene rings is 2. The van der Waals surface area contributed by atoms with Crippen LogP contribution in [0.4, 0.5) is 4.39 Å². The summed E-state index contributed by atoms with van der Waals surface area (Å²) in [5.74, 6) is 1.42. The lowest BCUT2D eigenvalue weighted by Gasteiger charge is -2.12. The van der Waals surface area contributed by atoms with Crippen LogP contribution in [-0.4, -0.2) is 40.3 Å². The number of thioether (sulfide) groups is 1. The maximum atomic E-state index is 12.9. The van der Waals surface area contributed by atoms with Crippen molar-refractivity contribution in [2.45, 2.75) is 22.6 Å². The monoisotopic (exact) mass is 552 g/mol. The zero-order chi connectivity index (χ0) is 20.4. The Bertz CT molecular complexity index is 876. The van der Waals surface area contributed by atoms with Crippen molar-refractivity contribution in [3.8, 4) is 0 Å². The van der Waals surface area contributed by atoms with Gasteiger partial charge in [-0.1, -0.05) is 12.1 Å². The van der Waals surface area contributed by atoms with Crippen molar-refractivity contribution >= 4 is 51.7 Å². The summed E-state index contributed by atoms with van der Waals surface area (Å²) < 4.78 is 35.4. The molecule has 2 rings (SSSR count). The van der Waals surface area contributed by atoms with E-state index in [0.717, 1.165) is 35.6 Å². The van der Waals surface area contributed by atoms with Gasteiger partial charge >= 0.3 is 0 Å². The molecule has 0 heterocycles. The van der Waals surface area contributed by atoms with Crippen LogP contribution in [0.3, 0.4) is 0 Å². The highest BCUT2D eigenvalue weighted by Crippen LogP contribution is 2.18. The number of aliphatic imine (C=N–C) groups is 1. The number of sulfonamides is 1. The van der Waals surface area contributed by atoms with Gasteiger partial charge < -0.3 is 10.6 Å². The number of hydrogen-bond acceptors (Lipinski definition) is 4. The molecule has 0 aromatic heterocycles. The van der Waals surface area contributed by atoms with Crippen molar-refractivity contribution in [2.75, 3.05) is 25.9 Å². The van der Waals surface area contributed by atoms with Crippen LogP contribution in [0.15, 0.2) is 63.3 Å². The molecular weight excluding hydrogens is 526 g/mol. The molecule has 0 bridgehead atoms. The van der Waals surface area contributed by atoms with E-state index in [9.17, 15) is 12.8 Å². The van der Waals surface area contributed by atoms with E-state index in [1.165, 1.54) is 24.3 Å². The minimum atomic E-state index is -3.66. The molecule has 0 fully saturated rings. The van der Waals surface area contributed by atoms with E-state index in [-0.39, 0.29) is 34.7 Å². The third-order valence-corrected chi connectivity index (χ3v) is 5.91. The first-order chi connectivity index (χ1) is 13.4. The number of guanidine groups is 1. The minimum absolute atomic E-state index is 0. The molecule has 0 saturated heterocycles. The number of nitrogens with two attached hydrogens (primary N) is 1. The zero-order valence-corrected chi connectivity index (χ0v) is 20.1. The Labute approximate surface area is 193 Å². The Balaban J connectivity index is 0.00000420. The molecule has 4 N–H and O–H groups in total. The maximum Gasteiger partial charge on any atom is 0.238 e. The molecule has 2 aromatic rings. The normalized spacial score (nSPS) is 11.6. The molecule has 0 aliphatic rings. The molecule has 0 radical (unpaired) electrons. The Hall–Kier alpha value is -1.37. The van der Waals surface area contributed by atoms with Gasteiger partial charge in [-0.3, -0.25) is 4.99 Å². The number of primary sulfonamides is 1. The zero-order valence-electron chi connectivity index (χ0n) is 16.1. The summed E-state index contributed by atoms with van der Waals surface area (Å²) in [5.41, 5.74) is 1.01. The summed E-state index contributed by atoms with van der Waals surface area (Å²) in [7, 11) is -1.94. The average molecular weight is 552 g/mol. The Kier molecular flexibility index (Phi) is 11.5. The first kappa shape index (κ1) is 25.7. The fourth-order valence-electron chi connectivity index (χ4n) is 2.39. The van der Waals surface area contributed by atoms with Crippen molar-refractivity contribution in [3.05, 3.63) is 59.9 Å². The predicted octanol–water partition coefficient (Wildman–Crippen LogP) is 2.98. The molecule has 0 unspecified atom stereocenters. The third-order valence-electron chi connectivity index (χ3n) is 3.88. The van der Waals surface area contributed by atoms with Gasteiger partial charge in [0, 0.05) is 25.0 Å². The quantitative estimate of drug-likeness (QED) is 0.146. The molecule has 0 amide bonds. The van der Waals surface area contributed by atoms with Crippen molar-refractivity contribution in [2.24, 2.45) is 10.1 Å². The number of hydrogen-bond donors (Lipinski definition) is 3. The lowest BCUT2D eigenvalue weighted by atomic mass is 10.1. The second kappa shape index (κ2) is 13.0. The molecule has 0 spiro atoms. The number of nitrogens with zero attached hydrogens (tertiary/aromatic N) is 1. The van der Waals surface area contributed by atoms with Gasteiger partial charge in [0.25, 0.3) is 0 Å². The summed E-state index contributed by atoms with van der Waals surface area (Å²) in [6, 6.07) is 13.0. The predicted molar refractivity (Wildman–Crippen MR) is 128 cm³/mol. The van der Waals surface area contributed by atoms with Gasteiger partial charge in [-0.25, -0.2) is 17.9 Å². The van der Waals surface area contributed by atoms with Crippen molar-refractivity contribution < 1.29 is 12.8 Å². The molecule has 0 aliphatic carbocycles. The van der Waals surface area contributed by atoms with Crippen LogP contribution in [0.25, 0.3) is 0 Å². The lowest BCUT2D eigenvalue weighted by molar-refractivity contribution is 0.597. The second-order valence-corrected chi connectivity index (χ2v) is 8.75. The summed E-state index contributed by atoms with van der Waals surface area (Å²) >= 11 is 1.69. The Morgan fingerprint density at radius 3 is 2.28 bits per heavy atom. The van der Waals surface area contributed by atoms with Crippen LogP contribution in [0.5, 0.6) is 0 Å². The largest absolute Gasteiger partial charge is 0.356 e. The molecular formula is C19H26FIN4O2S2. The first-order valence-corrected chi connectivity index (χ1v) is 11.4. The molecule has 0 saturated carbocycles. The molecule has 160 valence electrons. The van der Waals surface area contributed by atoms with Gasteiger partial charge in [0.1, 0.15) is 5.82 Å².